The Labute approximate surface area is 110 Å². The smallest absolute Gasteiger partial charge is 0.243 e. The van der Waals surface area contributed by atoms with Gasteiger partial charge in [0.15, 0.2) is 0 Å². The quantitative estimate of drug-likeness (QED) is 0.808. The van der Waals surface area contributed by atoms with Crippen LogP contribution in [0, 0.1) is 0 Å². The molecular formula is C11H15ClN4O2. The first-order chi connectivity index (χ1) is 8.69. The molecular weight excluding hydrogens is 256 g/mol. The predicted octanol–water partition coefficient (Wildman–Crippen LogP) is 1.22. The minimum Gasteiger partial charge on any atom is -0.481 e. The molecule has 1 amide bonds. The van der Waals surface area contributed by atoms with E-state index in [4.69, 9.17) is 16.3 Å². The van der Waals surface area contributed by atoms with Crippen LogP contribution in [0.4, 0.5) is 5.95 Å². The highest BCUT2D eigenvalue weighted by molar-refractivity contribution is 6.29. The summed E-state index contributed by atoms with van der Waals surface area (Å²) >= 11 is 5.80. The molecule has 1 saturated heterocycles. The number of carbonyl (C=O) groups is 1. The number of nitrogens with one attached hydrogen (secondary N) is 2. The van der Waals surface area contributed by atoms with Gasteiger partial charge in [-0.2, -0.15) is 4.98 Å². The molecule has 1 aliphatic rings. The van der Waals surface area contributed by atoms with Gasteiger partial charge in [0.25, 0.3) is 0 Å². The Morgan fingerprint density at radius 2 is 2.39 bits per heavy atom. The molecule has 0 spiro atoms. The lowest BCUT2D eigenvalue weighted by Gasteiger charge is -2.22. The van der Waals surface area contributed by atoms with Crippen molar-refractivity contribution in [3.8, 4) is 5.88 Å². The molecule has 0 aromatic carbocycles. The van der Waals surface area contributed by atoms with Gasteiger partial charge in [-0.15, -0.1) is 0 Å². The molecule has 0 radical (unpaired) electrons. The summed E-state index contributed by atoms with van der Waals surface area (Å²) in [6, 6.07) is 1.29. The number of halogens is 1. The summed E-state index contributed by atoms with van der Waals surface area (Å²) in [4.78, 5) is 19.9. The summed E-state index contributed by atoms with van der Waals surface area (Å²) in [5.74, 6) is 0.345. The van der Waals surface area contributed by atoms with Crippen molar-refractivity contribution >= 4 is 23.5 Å². The van der Waals surface area contributed by atoms with E-state index in [-0.39, 0.29) is 23.1 Å². The minimum absolute atomic E-state index is 0.140. The molecule has 1 fully saturated rings. The number of amides is 1. The number of anilines is 1. The van der Waals surface area contributed by atoms with Crippen LogP contribution in [-0.2, 0) is 4.79 Å². The Morgan fingerprint density at radius 1 is 1.56 bits per heavy atom. The topological polar surface area (TPSA) is 76.1 Å². The molecule has 0 saturated carbocycles. The highest BCUT2D eigenvalue weighted by Gasteiger charge is 2.21. The zero-order valence-electron chi connectivity index (χ0n) is 10.1. The van der Waals surface area contributed by atoms with Crippen molar-refractivity contribution in [1.29, 1.82) is 0 Å². The molecule has 1 atom stereocenters. The largest absolute Gasteiger partial charge is 0.481 e. The van der Waals surface area contributed by atoms with Gasteiger partial charge >= 0.3 is 0 Å². The Balaban J connectivity index is 2.03. The molecule has 2 rings (SSSR count). The van der Waals surface area contributed by atoms with Gasteiger partial charge in [0.1, 0.15) is 5.15 Å². The maximum atomic E-state index is 11.9. The maximum absolute atomic E-state index is 11.9. The average molecular weight is 271 g/mol. The number of rotatable bonds is 3. The second-order valence-corrected chi connectivity index (χ2v) is 4.44. The molecule has 1 aromatic rings. The van der Waals surface area contributed by atoms with Crippen LogP contribution in [0.15, 0.2) is 6.07 Å². The molecule has 0 bridgehead atoms. The van der Waals surface area contributed by atoms with Gasteiger partial charge in [0.2, 0.25) is 17.7 Å². The summed E-state index contributed by atoms with van der Waals surface area (Å²) in [5, 5.41) is 6.02. The summed E-state index contributed by atoms with van der Waals surface area (Å²) in [7, 11) is 1.48. The third-order valence-corrected chi connectivity index (χ3v) is 2.94. The van der Waals surface area contributed by atoms with Gasteiger partial charge in [-0.25, -0.2) is 4.98 Å². The molecule has 7 heteroatoms. The monoisotopic (exact) mass is 270 g/mol. The van der Waals surface area contributed by atoms with Crippen LogP contribution in [0.25, 0.3) is 0 Å². The number of carbonyl (C=O) groups excluding carboxylic acids is 1. The third kappa shape index (κ3) is 3.30. The van der Waals surface area contributed by atoms with E-state index < -0.39 is 0 Å². The first-order valence-electron chi connectivity index (χ1n) is 5.82. The van der Waals surface area contributed by atoms with Crippen LogP contribution in [0.1, 0.15) is 19.3 Å². The summed E-state index contributed by atoms with van der Waals surface area (Å²) in [6.07, 6.45) is 2.97. The highest BCUT2D eigenvalue weighted by atomic mass is 35.5. The van der Waals surface area contributed by atoms with Crippen molar-refractivity contribution in [2.45, 2.75) is 25.3 Å². The number of nitrogens with zero attached hydrogens (tertiary/aromatic N) is 2. The number of aromatic nitrogens is 2. The van der Waals surface area contributed by atoms with Crippen LogP contribution in [0.3, 0.4) is 0 Å². The molecule has 2 N–H and O–H groups in total. The zero-order chi connectivity index (χ0) is 13.0. The molecule has 0 aliphatic carbocycles. The highest BCUT2D eigenvalue weighted by Crippen LogP contribution is 2.16. The zero-order valence-corrected chi connectivity index (χ0v) is 10.8. The number of hydrogen-bond acceptors (Lipinski definition) is 5. The molecule has 1 aliphatic heterocycles. The fourth-order valence-corrected chi connectivity index (χ4v) is 2.00. The Hall–Kier alpha value is -1.40. The van der Waals surface area contributed by atoms with E-state index in [0.717, 1.165) is 25.8 Å². The van der Waals surface area contributed by atoms with Crippen LogP contribution in [0.2, 0.25) is 5.15 Å². The van der Waals surface area contributed by atoms with Crippen molar-refractivity contribution in [3.63, 3.8) is 0 Å². The third-order valence-electron chi connectivity index (χ3n) is 2.74. The van der Waals surface area contributed by atoms with E-state index in [0.29, 0.717) is 5.88 Å². The Kier molecular flexibility index (Phi) is 4.33. The van der Waals surface area contributed by atoms with Crippen LogP contribution >= 0.6 is 11.6 Å². The number of ether oxygens (including phenoxy) is 1. The standard InChI is InChI=1S/C11H15ClN4O2/c1-18-9-6-8(12)14-11(15-9)16-10(17)7-4-2-3-5-13-7/h6-7,13H,2-5H2,1H3,(H,14,15,16,17). The van der Waals surface area contributed by atoms with Crippen LogP contribution in [0.5, 0.6) is 5.88 Å². The van der Waals surface area contributed by atoms with E-state index in [9.17, 15) is 4.79 Å². The minimum atomic E-state index is -0.188. The van der Waals surface area contributed by atoms with Gasteiger partial charge in [-0.3, -0.25) is 10.1 Å². The van der Waals surface area contributed by atoms with Crippen molar-refractivity contribution < 1.29 is 9.53 Å². The average Bonchev–Trinajstić information content (AvgIpc) is 2.39. The number of hydrogen-bond donors (Lipinski definition) is 2. The van der Waals surface area contributed by atoms with E-state index in [1.54, 1.807) is 0 Å². The summed E-state index contributed by atoms with van der Waals surface area (Å²) in [6.45, 7) is 0.859. The Morgan fingerprint density at radius 3 is 3.06 bits per heavy atom. The lowest BCUT2D eigenvalue weighted by atomic mass is 10.0. The van der Waals surface area contributed by atoms with Gasteiger partial charge < -0.3 is 10.1 Å². The maximum Gasteiger partial charge on any atom is 0.243 e. The van der Waals surface area contributed by atoms with E-state index in [1.807, 2.05) is 0 Å². The molecule has 1 unspecified atom stereocenters. The molecule has 18 heavy (non-hydrogen) atoms. The van der Waals surface area contributed by atoms with Crippen molar-refractivity contribution in [2.75, 3.05) is 19.0 Å². The first kappa shape index (κ1) is 13.0. The van der Waals surface area contributed by atoms with Gasteiger partial charge in [-0.1, -0.05) is 18.0 Å². The van der Waals surface area contributed by atoms with Crippen molar-refractivity contribution in [1.82, 2.24) is 15.3 Å². The van der Waals surface area contributed by atoms with E-state index in [1.165, 1.54) is 13.2 Å². The van der Waals surface area contributed by atoms with Crippen molar-refractivity contribution in [2.24, 2.45) is 0 Å². The van der Waals surface area contributed by atoms with Gasteiger partial charge in [-0.05, 0) is 19.4 Å². The SMILES string of the molecule is COc1cc(Cl)nc(NC(=O)C2CCCCN2)n1. The Bertz CT molecular complexity index is 435. The lowest BCUT2D eigenvalue weighted by Crippen LogP contribution is -2.43. The second-order valence-electron chi connectivity index (χ2n) is 4.05. The second kappa shape index (κ2) is 5.97. The van der Waals surface area contributed by atoms with E-state index in [2.05, 4.69) is 20.6 Å². The van der Waals surface area contributed by atoms with Gasteiger partial charge in [0, 0.05) is 6.07 Å². The normalized spacial score (nSPS) is 19.3. The van der Waals surface area contributed by atoms with Gasteiger partial charge in [0.05, 0.1) is 13.2 Å². The molecule has 98 valence electrons. The molecule has 2 heterocycles. The molecule has 1 aromatic heterocycles. The predicted molar refractivity (Wildman–Crippen MR) is 67.9 cm³/mol. The lowest BCUT2D eigenvalue weighted by molar-refractivity contribution is -0.118. The summed E-state index contributed by atoms with van der Waals surface area (Å²) in [5.41, 5.74) is 0. The number of piperidine rings is 1. The summed E-state index contributed by atoms with van der Waals surface area (Å²) < 4.78 is 4.96. The van der Waals surface area contributed by atoms with Crippen LogP contribution in [-0.4, -0.2) is 35.6 Å². The first-order valence-corrected chi connectivity index (χ1v) is 6.19. The van der Waals surface area contributed by atoms with Crippen LogP contribution < -0.4 is 15.4 Å². The van der Waals surface area contributed by atoms with Crippen molar-refractivity contribution in [3.05, 3.63) is 11.2 Å². The number of methoxy groups -OCH3 is 1. The van der Waals surface area contributed by atoms with E-state index >= 15 is 0 Å². The fourth-order valence-electron chi connectivity index (χ4n) is 1.83. The molecule has 6 nitrogen and oxygen atoms in total. The fraction of sp³-hybridized carbons (Fsp3) is 0.545.